The smallest absolute Gasteiger partial charge is 0.339 e. The second kappa shape index (κ2) is 7.75. The molecule has 1 atom stereocenters. The number of fused-ring (bicyclic) bond motifs is 1. The fourth-order valence-corrected chi connectivity index (χ4v) is 2.55. The van der Waals surface area contributed by atoms with Gasteiger partial charge in [0.05, 0.1) is 5.56 Å². The number of nitrogens with zero attached hydrogens (tertiary/aromatic N) is 1. The van der Waals surface area contributed by atoms with Crippen LogP contribution in [0.2, 0.25) is 0 Å². The Hall–Kier alpha value is -3.59. The maximum Gasteiger partial charge on any atom is 0.339 e. The minimum Gasteiger partial charge on any atom is -0.489 e. The third kappa shape index (κ3) is 4.33. The zero-order valence-corrected chi connectivity index (χ0v) is 14.9. The molecule has 0 unspecified atom stereocenters. The summed E-state index contributed by atoms with van der Waals surface area (Å²) in [6.45, 7) is 3.64. The molecule has 6 heteroatoms. The Kier molecular flexibility index (Phi) is 5.23. The summed E-state index contributed by atoms with van der Waals surface area (Å²) >= 11 is 0. The van der Waals surface area contributed by atoms with Crippen LogP contribution in [0.15, 0.2) is 57.7 Å². The van der Waals surface area contributed by atoms with Crippen molar-refractivity contribution in [3.63, 3.8) is 0 Å². The van der Waals surface area contributed by atoms with Gasteiger partial charge in [-0.15, -0.1) is 0 Å². The van der Waals surface area contributed by atoms with Gasteiger partial charge in [0, 0.05) is 17.5 Å². The fourth-order valence-electron chi connectivity index (χ4n) is 2.55. The summed E-state index contributed by atoms with van der Waals surface area (Å²) in [5.74, 6) is 0.0269. The minimum absolute atomic E-state index is 0.283. The van der Waals surface area contributed by atoms with Crippen LogP contribution in [-0.2, 0) is 11.3 Å². The number of carbonyl (C=O) groups excluding carboxylic acids is 1. The Bertz CT molecular complexity index is 1080. The molecule has 1 heterocycles. The number of aryl methyl sites for hydroxylation is 1. The fraction of sp³-hybridized carbons (Fsp3) is 0.190. The Balaban J connectivity index is 1.68. The van der Waals surface area contributed by atoms with E-state index in [0.29, 0.717) is 16.9 Å². The molecule has 0 saturated heterocycles. The predicted molar refractivity (Wildman–Crippen MR) is 98.5 cm³/mol. The first-order valence-electron chi connectivity index (χ1n) is 8.33. The van der Waals surface area contributed by atoms with Gasteiger partial charge in [0.1, 0.15) is 24.0 Å². The summed E-state index contributed by atoms with van der Waals surface area (Å²) in [4.78, 5) is 23.3. The molecule has 0 saturated carbocycles. The molecule has 136 valence electrons. The predicted octanol–water partition coefficient (Wildman–Crippen LogP) is 3.75. The molecule has 0 fully saturated rings. The van der Waals surface area contributed by atoms with Gasteiger partial charge in [0.15, 0.2) is 6.10 Å². The van der Waals surface area contributed by atoms with Gasteiger partial charge in [-0.2, -0.15) is 5.26 Å². The molecule has 0 spiro atoms. The van der Waals surface area contributed by atoms with E-state index in [1.165, 1.54) is 13.0 Å². The summed E-state index contributed by atoms with van der Waals surface area (Å²) < 4.78 is 15.9. The molecule has 0 radical (unpaired) electrons. The summed E-state index contributed by atoms with van der Waals surface area (Å²) in [5, 5.41) is 9.54. The maximum absolute atomic E-state index is 11.8. The van der Waals surface area contributed by atoms with Crippen molar-refractivity contribution in [1.82, 2.24) is 0 Å². The third-order valence-electron chi connectivity index (χ3n) is 3.98. The normalized spacial score (nSPS) is 11.6. The van der Waals surface area contributed by atoms with Crippen molar-refractivity contribution in [1.29, 1.82) is 5.26 Å². The lowest BCUT2D eigenvalue weighted by molar-refractivity contribution is 0.0435. The van der Waals surface area contributed by atoms with Crippen LogP contribution in [0, 0.1) is 18.3 Å². The van der Waals surface area contributed by atoms with Crippen LogP contribution in [0.1, 0.15) is 28.4 Å². The lowest BCUT2D eigenvalue weighted by Crippen LogP contribution is -2.13. The number of benzene rings is 2. The average Bonchev–Trinajstić information content (AvgIpc) is 2.66. The zero-order valence-electron chi connectivity index (χ0n) is 14.9. The first-order valence-corrected chi connectivity index (χ1v) is 8.33. The van der Waals surface area contributed by atoms with E-state index >= 15 is 0 Å². The van der Waals surface area contributed by atoms with Gasteiger partial charge in [-0.3, -0.25) is 0 Å². The second-order valence-corrected chi connectivity index (χ2v) is 6.07. The number of carbonyl (C=O) groups is 1. The number of rotatable bonds is 5. The van der Waals surface area contributed by atoms with Crippen LogP contribution in [-0.4, -0.2) is 12.1 Å². The van der Waals surface area contributed by atoms with E-state index in [2.05, 4.69) is 0 Å². The van der Waals surface area contributed by atoms with Crippen molar-refractivity contribution in [2.75, 3.05) is 0 Å². The van der Waals surface area contributed by atoms with E-state index in [-0.39, 0.29) is 6.61 Å². The quantitative estimate of drug-likeness (QED) is 0.507. The molecule has 0 aliphatic heterocycles. The Morgan fingerprint density at radius 2 is 1.93 bits per heavy atom. The molecule has 27 heavy (non-hydrogen) atoms. The summed E-state index contributed by atoms with van der Waals surface area (Å²) in [6.07, 6.45) is -0.794. The Morgan fingerprint density at radius 1 is 1.19 bits per heavy atom. The standard InChI is InChI=1S/C21H17NO5/c1-13-9-20(23)27-19-10-17(7-8-18(13)19)25-12-15-3-5-16(6-4-15)21(24)26-14(2)11-22/h3-10,14H,12H2,1-2H3/t14-/m1/s1. The molecule has 0 amide bonds. The molecule has 3 aromatic rings. The molecule has 0 aliphatic carbocycles. The van der Waals surface area contributed by atoms with E-state index < -0.39 is 17.7 Å². The van der Waals surface area contributed by atoms with Crippen molar-refractivity contribution in [2.45, 2.75) is 26.6 Å². The van der Waals surface area contributed by atoms with Crippen LogP contribution in [0.5, 0.6) is 5.75 Å². The second-order valence-electron chi connectivity index (χ2n) is 6.07. The van der Waals surface area contributed by atoms with Crippen molar-refractivity contribution < 1.29 is 18.7 Å². The maximum atomic E-state index is 11.8. The van der Waals surface area contributed by atoms with Gasteiger partial charge in [0.2, 0.25) is 0 Å². The highest BCUT2D eigenvalue weighted by Gasteiger charge is 2.11. The molecule has 1 aromatic heterocycles. The van der Waals surface area contributed by atoms with Gasteiger partial charge in [-0.05, 0) is 49.2 Å². The Labute approximate surface area is 155 Å². The summed E-state index contributed by atoms with van der Waals surface area (Å²) in [7, 11) is 0. The highest BCUT2D eigenvalue weighted by Crippen LogP contribution is 2.23. The third-order valence-corrected chi connectivity index (χ3v) is 3.98. The highest BCUT2D eigenvalue weighted by atomic mass is 16.5. The van der Waals surface area contributed by atoms with Gasteiger partial charge >= 0.3 is 11.6 Å². The van der Waals surface area contributed by atoms with Crippen LogP contribution in [0.3, 0.4) is 0 Å². The number of ether oxygens (including phenoxy) is 2. The molecule has 0 bridgehead atoms. The van der Waals surface area contributed by atoms with Crippen LogP contribution < -0.4 is 10.4 Å². The van der Waals surface area contributed by atoms with Crippen molar-refractivity contribution in [3.05, 3.63) is 75.6 Å². The first kappa shape index (κ1) is 18.2. The molecular formula is C21H17NO5. The lowest BCUT2D eigenvalue weighted by Gasteiger charge is -2.09. The van der Waals surface area contributed by atoms with Gasteiger partial charge in [-0.1, -0.05) is 12.1 Å². The van der Waals surface area contributed by atoms with Crippen molar-refractivity contribution >= 4 is 16.9 Å². The van der Waals surface area contributed by atoms with E-state index in [9.17, 15) is 9.59 Å². The monoisotopic (exact) mass is 363 g/mol. The summed E-state index contributed by atoms with van der Waals surface area (Å²) in [6, 6.07) is 15.4. The summed E-state index contributed by atoms with van der Waals surface area (Å²) in [5.41, 5.74) is 2.14. The number of hydrogen-bond donors (Lipinski definition) is 0. The molecule has 0 aliphatic rings. The van der Waals surface area contributed by atoms with Crippen molar-refractivity contribution in [2.24, 2.45) is 0 Å². The Morgan fingerprint density at radius 3 is 2.63 bits per heavy atom. The number of nitriles is 1. The molecule has 2 aromatic carbocycles. The van der Waals surface area contributed by atoms with Crippen LogP contribution in [0.25, 0.3) is 11.0 Å². The molecule has 3 rings (SSSR count). The average molecular weight is 363 g/mol. The topological polar surface area (TPSA) is 89.5 Å². The molecule has 0 N–H and O–H groups in total. The van der Waals surface area contributed by atoms with Gasteiger partial charge < -0.3 is 13.9 Å². The van der Waals surface area contributed by atoms with E-state index in [1.54, 1.807) is 30.3 Å². The number of hydrogen-bond acceptors (Lipinski definition) is 6. The van der Waals surface area contributed by atoms with Gasteiger partial charge in [0.25, 0.3) is 0 Å². The first-order chi connectivity index (χ1) is 13.0. The van der Waals surface area contributed by atoms with Crippen LogP contribution in [0.4, 0.5) is 0 Å². The largest absolute Gasteiger partial charge is 0.489 e. The van der Waals surface area contributed by atoms with Crippen LogP contribution >= 0.6 is 0 Å². The van der Waals surface area contributed by atoms with Crippen molar-refractivity contribution in [3.8, 4) is 11.8 Å². The SMILES string of the molecule is Cc1cc(=O)oc2cc(OCc3ccc(C(=O)O[C@H](C)C#N)cc3)ccc12. The lowest BCUT2D eigenvalue weighted by atomic mass is 10.1. The van der Waals surface area contributed by atoms with Gasteiger partial charge in [-0.25, -0.2) is 9.59 Å². The van der Waals surface area contributed by atoms with E-state index in [1.807, 2.05) is 25.1 Å². The molecule has 6 nitrogen and oxygen atoms in total. The zero-order chi connectivity index (χ0) is 19.4. The number of esters is 1. The van der Waals surface area contributed by atoms with E-state index in [0.717, 1.165) is 16.5 Å². The highest BCUT2D eigenvalue weighted by molar-refractivity contribution is 5.89. The minimum atomic E-state index is -0.794. The van der Waals surface area contributed by atoms with E-state index in [4.69, 9.17) is 19.2 Å². The molecular weight excluding hydrogens is 346 g/mol.